The Morgan fingerprint density at radius 1 is 1.08 bits per heavy atom. The molecule has 6 heteroatoms. The average molecular weight is 351 g/mol. The van der Waals surface area contributed by atoms with Crippen LogP contribution in [0.4, 0.5) is 5.69 Å². The maximum Gasteiger partial charge on any atom is 0.248 e. The molecule has 0 saturated carbocycles. The molecule has 0 radical (unpaired) electrons. The molecule has 134 valence electrons. The quantitative estimate of drug-likeness (QED) is 0.831. The minimum Gasteiger partial charge on any atom is -0.366 e. The number of hydrogen-bond donors (Lipinski definition) is 2. The van der Waals surface area contributed by atoms with Gasteiger partial charge in [-0.15, -0.1) is 0 Å². The van der Waals surface area contributed by atoms with E-state index in [4.69, 9.17) is 5.73 Å². The van der Waals surface area contributed by atoms with Crippen LogP contribution in [0.15, 0.2) is 54.6 Å². The molecular weight excluding hydrogens is 330 g/mol. The van der Waals surface area contributed by atoms with Crippen molar-refractivity contribution in [1.29, 1.82) is 0 Å². The summed E-state index contributed by atoms with van der Waals surface area (Å²) in [7, 11) is 0. The van der Waals surface area contributed by atoms with Gasteiger partial charge in [0.1, 0.15) is 0 Å². The van der Waals surface area contributed by atoms with Crippen molar-refractivity contribution in [1.82, 2.24) is 4.90 Å². The standard InChI is InChI=1S/C20H21N3O3/c21-19(25)15-6-8-17(9-7-15)22-20(26)16-12-18(24)23(13-16)11-10-14-4-2-1-3-5-14/h1-9,16H,10-13H2,(H2,21,25)(H,22,26). The highest BCUT2D eigenvalue weighted by atomic mass is 16.2. The van der Waals surface area contributed by atoms with E-state index >= 15 is 0 Å². The van der Waals surface area contributed by atoms with Crippen LogP contribution in [-0.4, -0.2) is 35.7 Å². The molecule has 6 nitrogen and oxygen atoms in total. The van der Waals surface area contributed by atoms with E-state index in [0.717, 1.165) is 6.42 Å². The molecule has 1 fully saturated rings. The van der Waals surface area contributed by atoms with Crippen LogP contribution in [0, 0.1) is 5.92 Å². The molecule has 0 spiro atoms. The highest BCUT2D eigenvalue weighted by molar-refractivity contribution is 5.98. The normalized spacial score (nSPS) is 16.5. The molecule has 3 amide bonds. The summed E-state index contributed by atoms with van der Waals surface area (Å²) in [6, 6.07) is 16.3. The number of benzene rings is 2. The smallest absolute Gasteiger partial charge is 0.248 e. The monoisotopic (exact) mass is 351 g/mol. The highest BCUT2D eigenvalue weighted by Gasteiger charge is 2.33. The second kappa shape index (κ2) is 7.82. The molecule has 26 heavy (non-hydrogen) atoms. The van der Waals surface area contributed by atoms with Crippen molar-refractivity contribution in [2.75, 3.05) is 18.4 Å². The first-order valence-electron chi connectivity index (χ1n) is 8.55. The third-order valence-electron chi connectivity index (χ3n) is 4.54. The van der Waals surface area contributed by atoms with E-state index in [-0.39, 0.29) is 24.2 Å². The Bertz CT molecular complexity index is 803. The maximum atomic E-state index is 12.4. The second-order valence-corrected chi connectivity index (χ2v) is 6.41. The van der Waals surface area contributed by atoms with Crippen LogP contribution in [0.3, 0.4) is 0 Å². The molecule has 0 aromatic heterocycles. The predicted octanol–water partition coefficient (Wildman–Crippen LogP) is 1.82. The summed E-state index contributed by atoms with van der Waals surface area (Å²) in [5, 5.41) is 2.79. The predicted molar refractivity (Wildman–Crippen MR) is 98.4 cm³/mol. The van der Waals surface area contributed by atoms with E-state index < -0.39 is 5.91 Å². The van der Waals surface area contributed by atoms with Crippen LogP contribution in [0.5, 0.6) is 0 Å². The Kier molecular flexibility index (Phi) is 5.31. The van der Waals surface area contributed by atoms with Gasteiger partial charge < -0.3 is 16.0 Å². The number of primary amides is 1. The minimum absolute atomic E-state index is 0.00478. The Hall–Kier alpha value is -3.15. The van der Waals surface area contributed by atoms with Crippen LogP contribution in [-0.2, 0) is 16.0 Å². The van der Waals surface area contributed by atoms with E-state index in [2.05, 4.69) is 5.32 Å². The largest absolute Gasteiger partial charge is 0.366 e. The molecule has 1 aliphatic rings. The third kappa shape index (κ3) is 4.27. The summed E-state index contributed by atoms with van der Waals surface area (Å²) in [6.45, 7) is 1.04. The Balaban J connectivity index is 1.54. The zero-order chi connectivity index (χ0) is 18.5. The van der Waals surface area contributed by atoms with Gasteiger partial charge in [0.15, 0.2) is 0 Å². The molecule has 1 atom stereocenters. The van der Waals surface area contributed by atoms with Gasteiger partial charge in [0.2, 0.25) is 17.7 Å². The number of amides is 3. The fourth-order valence-corrected chi connectivity index (χ4v) is 3.03. The van der Waals surface area contributed by atoms with Gasteiger partial charge in [-0.2, -0.15) is 0 Å². The van der Waals surface area contributed by atoms with Gasteiger partial charge in [-0.3, -0.25) is 14.4 Å². The maximum absolute atomic E-state index is 12.4. The average Bonchev–Trinajstić information content (AvgIpc) is 3.02. The topological polar surface area (TPSA) is 92.5 Å². The second-order valence-electron chi connectivity index (χ2n) is 6.41. The number of carbonyl (C=O) groups is 3. The SMILES string of the molecule is NC(=O)c1ccc(NC(=O)C2CC(=O)N(CCc3ccccc3)C2)cc1. The number of nitrogens with two attached hydrogens (primary N) is 1. The van der Waals surface area contributed by atoms with Gasteiger partial charge in [-0.1, -0.05) is 30.3 Å². The van der Waals surface area contributed by atoms with Crippen LogP contribution in [0.2, 0.25) is 0 Å². The Labute approximate surface area is 152 Å². The lowest BCUT2D eigenvalue weighted by Crippen LogP contribution is -2.30. The van der Waals surface area contributed by atoms with Gasteiger partial charge in [0.25, 0.3) is 0 Å². The molecule has 3 rings (SSSR count). The zero-order valence-corrected chi connectivity index (χ0v) is 14.4. The van der Waals surface area contributed by atoms with E-state index in [0.29, 0.717) is 24.3 Å². The van der Waals surface area contributed by atoms with Gasteiger partial charge in [-0.25, -0.2) is 0 Å². The van der Waals surface area contributed by atoms with Crippen molar-refractivity contribution >= 4 is 23.4 Å². The lowest BCUT2D eigenvalue weighted by molar-refractivity contribution is -0.128. The lowest BCUT2D eigenvalue weighted by atomic mass is 10.1. The van der Waals surface area contributed by atoms with Crippen molar-refractivity contribution in [2.24, 2.45) is 11.7 Å². The van der Waals surface area contributed by atoms with E-state index in [1.54, 1.807) is 29.2 Å². The van der Waals surface area contributed by atoms with Crippen LogP contribution >= 0.6 is 0 Å². The molecule has 0 bridgehead atoms. The molecule has 1 unspecified atom stereocenters. The molecule has 2 aromatic carbocycles. The first-order chi connectivity index (χ1) is 12.5. The van der Waals surface area contributed by atoms with Crippen molar-refractivity contribution in [3.8, 4) is 0 Å². The summed E-state index contributed by atoms with van der Waals surface area (Å²) in [6.07, 6.45) is 0.996. The third-order valence-corrected chi connectivity index (χ3v) is 4.54. The summed E-state index contributed by atoms with van der Waals surface area (Å²) in [5.74, 6) is -1.06. The summed E-state index contributed by atoms with van der Waals surface area (Å²) >= 11 is 0. The summed E-state index contributed by atoms with van der Waals surface area (Å²) in [5.41, 5.74) is 7.33. The van der Waals surface area contributed by atoms with Crippen LogP contribution in [0.1, 0.15) is 22.3 Å². The molecule has 0 aliphatic carbocycles. The Morgan fingerprint density at radius 2 is 1.77 bits per heavy atom. The number of likely N-dealkylation sites (tertiary alicyclic amines) is 1. The summed E-state index contributed by atoms with van der Waals surface area (Å²) < 4.78 is 0. The minimum atomic E-state index is -0.515. The van der Waals surface area contributed by atoms with Crippen molar-refractivity contribution in [3.05, 3.63) is 65.7 Å². The van der Waals surface area contributed by atoms with E-state index in [1.807, 2.05) is 30.3 Å². The van der Waals surface area contributed by atoms with Gasteiger partial charge in [0, 0.05) is 30.8 Å². The first kappa shape index (κ1) is 17.7. The number of anilines is 1. The number of carbonyl (C=O) groups excluding carboxylic acids is 3. The molecular formula is C20H21N3O3. The highest BCUT2D eigenvalue weighted by Crippen LogP contribution is 2.20. The molecule has 2 aromatic rings. The van der Waals surface area contributed by atoms with Crippen molar-refractivity contribution in [3.63, 3.8) is 0 Å². The van der Waals surface area contributed by atoms with Crippen LogP contribution in [0.25, 0.3) is 0 Å². The number of nitrogens with one attached hydrogen (secondary N) is 1. The zero-order valence-electron chi connectivity index (χ0n) is 14.4. The lowest BCUT2D eigenvalue weighted by Gasteiger charge is -2.16. The van der Waals surface area contributed by atoms with Crippen molar-refractivity contribution < 1.29 is 14.4 Å². The molecule has 1 aliphatic heterocycles. The van der Waals surface area contributed by atoms with Gasteiger partial charge >= 0.3 is 0 Å². The first-order valence-corrected chi connectivity index (χ1v) is 8.55. The molecule has 1 saturated heterocycles. The van der Waals surface area contributed by atoms with E-state index in [1.165, 1.54) is 5.56 Å². The molecule has 1 heterocycles. The van der Waals surface area contributed by atoms with E-state index in [9.17, 15) is 14.4 Å². The molecule has 3 N–H and O–H groups in total. The van der Waals surface area contributed by atoms with Crippen LogP contribution < -0.4 is 11.1 Å². The Morgan fingerprint density at radius 3 is 2.42 bits per heavy atom. The van der Waals surface area contributed by atoms with Crippen molar-refractivity contribution in [2.45, 2.75) is 12.8 Å². The summed E-state index contributed by atoms with van der Waals surface area (Å²) in [4.78, 5) is 37.4. The number of rotatable bonds is 6. The fraction of sp³-hybridized carbons (Fsp3) is 0.250. The van der Waals surface area contributed by atoms with Gasteiger partial charge in [0.05, 0.1) is 5.92 Å². The number of nitrogens with zero attached hydrogens (tertiary/aromatic N) is 1. The fourth-order valence-electron chi connectivity index (χ4n) is 3.03. The number of hydrogen-bond acceptors (Lipinski definition) is 3. The van der Waals surface area contributed by atoms with Gasteiger partial charge in [-0.05, 0) is 36.2 Å².